The largest absolute Gasteiger partial charge is 0.491 e. The SMILES string of the molecule is CNCC(C)C(=O)NCCOc1cccc2ccccc12. The first-order valence-corrected chi connectivity index (χ1v) is 7.25. The highest BCUT2D eigenvalue weighted by molar-refractivity contribution is 5.88. The highest BCUT2D eigenvalue weighted by Gasteiger charge is 2.10. The van der Waals surface area contributed by atoms with E-state index >= 15 is 0 Å². The number of fused-ring (bicyclic) bond motifs is 1. The topological polar surface area (TPSA) is 50.4 Å². The van der Waals surface area contributed by atoms with Crippen molar-refractivity contribution < 1.29 is 9.53 Å². The lowest BCUT2D eigenvalue weighted by atomic mass is 10.1. The molecular weight excluding hydrogens is 264 g/mol. The zero-order chi connectivity index (χ0) is 15.1. The van der Waals surface area contributed by atoms with Gasteiger partial charge in [0.15, 0.2) is 0 Å². The summed E-state index contributed by atoms with van der Waals surface area (Å²) in [6.45, 7) is 3.55. The van der Waals surface area contributed by atoms with Crippen LogP contribution in [0.5, 0.6) is 5.75 Å². The van der Waals surface area contributed by atoms with E-state index in [1.54, 1.807) is 0 Å². The van der Waals surface area contributed by atoms with Crippen molar-refractivity contribution in [2.75, 3.05) is 26.7 Å². The van der Waals surface area contributed by atoms with Gasteiger partial charge in [-0.05, 0) is 18.5 Å². The highest BCUT2D eigenvalue weighted by Crippen LogP contribution is 2.24. The maximum Gasteiger partial charge on any atom is 0.224 e. The minimum atomic E-state index is -0.0347. The molecule has 1 unspecified atom stereocenters. The fraction of sp³-hybridized carbons (Fsp3) is 0.353. The molecule has 0 heterocycles. The zero-order valence-electron chi connectivity index (χ0n) is 12.6. The van der Waals surface area contributed by atoms with Gasteiger partial charge in [-0.1, -0.05) is 43.3 Å². The van der Waals surface area contributed by atoms with E-state index in [-0.39, 0.29) is 11.8 Å². The van der Waals surface area contributed by atoms with Crippen LogP contribution in [0.4, 0.5) is 0 Å². The third-order valence-corrected chi connectivity index (χ3v) is 3.37. The fourth-order valence-corrected chi connectivity index (χ4v) is 2.23. The predicted octanol–water partition coefficient (Wildman–Crippen LogP) is 2.19. The van der Waals surface area contributed by atoms with Gasteiger partial charge in [0.25, 0.3) is 0 Å². The van der Waals surface area contributed by atoms with E-state index in [1.165, 1.54) is 0 Å². The van der Waals surface area contributed by atoms with Crippen LogP contribution in [0.1, 0.15) is 6.92 Å². The normalized spacial score (nSPS) is 12.1. The number of ether oxygens (including phenoxy) is 1. The Bertz CT molecular complexity index is 593. The lowest BCUT2D eigenvalue weighted by Crippen LogP contribution is -2.36. The van der Waals surface area contributed by atoms with Crippen molar-refractivity contribution in [3.05, 3.63) is 42.5 Å². The lowest BCUT2D eigenvalue weighted by molar-refractivity contribution is -0.124. The van der Waals surface area contributed by atoms with Crippen LogP contribution in [-0.4, -0.2) is 32.7 Å². The summed E-state index contributed by atoms with van der Waals surface area (Å²) in [6.07, 6.45) is 0. The Labute approximate surface area is 125 Å². The second-order valence-electron chi connectivity index (χ2n) is 5.08. The number of benzene rings is 2. The van der Waals surface area contributed by atoms with Crippen LogP contribution in [0.15, 0.2) is 42.5 Å². The predicted molar refractivity (Wildman–Crippen MR) is 85.5 cm³/mol. The molecule has 0 aromatic heterocycles. The summed E-state index contributed by atoms with van der Waals surface area (Å²) in [4.78, 5) is 11.7. The molecule has 0 bridgehead atoms. The molecule has 0 fully saturated rings. The number of hydrogen-bond donors (Lipinski definition) is 2. The number of rotatable bonds is 7. The number of nitrogens with one attached hydrogen (secondary N) is 2. The summed E-state index contributed by atoms with van der Waals surface area (Å²) in [5, 5.41) is 8.12. The van der Waals surface area contributed by atoms with Gasteiger partial charge in [0.1, 0.15) is 12.4 Å². The van der Waals surface area contributed by atoms with Gasteiger partial charge in [0.05, 0.1) is 6.54 Å². The molecule has 0 saturated carbocycles. The van der Waals surface area contributed by atoms with Crippen molar-refractivity contribution in [2.45, 2.75) is 6.92 Å². The molecule has 0 aliphatic rings. The zero-order valence-corrected chi connectivity index (χ0v) is 12.6. The van der Waals surface area contributed by atoms with Crippen molar-refractivity contribution in [2.24, 2.45) is 5.92 Å². The Morgan fingerprint density at radius 1 is 1.19 bits per heavy atom. The molecule has 0 saturated heterocycles. The quantitative estimate of drug-likeness (QED) is 0.767. The molecule has 0 aliphatic carbocycles. The number of carbonyl (C=O) groups is 1. The Morgan fingerprint density at radius 3 is 2.76 bits per heavy atom. The maximum absolute atomic E-state index is 11.7. The van der Waals surface area contributed by atoms with Crippen molar-refractivity contribution in [1.29, 1.82) is 0 Å². The fourth-order valence-electron chi connectivity index (χ4n) is 2.23. The molecular formula is C17H22N2O2. The van der Waals surface area contributed by atoms with E-state index < -0.39 is 0 Å². The molecule has 0 spiro atoms. The first-order chi connectivity index (χ1) is 10.2. The third-order valence-electron chi connectivity index (χ3n) is 3.37. The Morgan fingerprint density at radius 2 is 1.95 bits per heavy atom. The minimum absolute atomic E-state index is 0.0347. The van der Waals surface area contributed by atoms with Gasteiger partial charge in [-0.15, -0.1) is 0 Å². The van der Waals surface area contributed by atoms with Crippen LogP contribution in [0.3, 0.4) is 0 Å². The molecule has 2 aromatic carbocycles. The number of carbonyl (C=O) groups excluding carboxylic acids is 1. The second kappa shape index (κ2) is 7.64. The van der Waals surface area contributed by atoms with E-state index in [4.69, 9.17) is 4.74 Å². The molecule has 0 aliphatic heterocycles. The van der Waals surface area contributed by atoms with Gasteiger partial charge in [-0.2, -0.15) is 0 Å². The summed E-state index contributed by atoms with van der Waals surface area (Å²) in [6, 6.07) is 14.1. The molecule has 112 valence electrons. The molecule has 0 radical (unpaired) electrons. The van der Waals surface area contributed by atoms with Crippen molar-refractivity contribution in [3.63, 3.8) is 0 Å². The van der Waals surface area contributed by atoms with Crippen LogP contribution >= 0.6 is 0 Å². The number of hydrogen-bond acceptors (Lipinski definition) is 3. The van der Waals surface area contributed by atoms with Crippen LogP contribution in [0.2, 0.25) is 0 Å². The van der Waals surface area contributed by atoms with E-state index in [9.17, 15) is 4.79 Å². The maximum atomic E-state index is 11.7. The molecule has 2 aromatic rings. The van der Waals surface area contributed by atoms with Crippen LogP contribution in [0.25, 0.3) is 10.8 Å². The molecule has 2 N–H and O–H groups in total. The Hall–Kier alpha value is -2.07. The highest BCUT2D eigenvalue weighted by atomic mass is 16.5. The number of amides is 1. The Kier molecular flexibility index (Phi) is 5.58. The van der Waals surface area contributed by atoms with E-state index in [1.807, 2.05) is 44.3 Å². The monoisotopic (exact) mass is 286 g/mol. The van der Waals surface area contributed by atoms with Gasteiger partial charge in [-0.3, -0.25) is 4.79 Å². The van der Waals surface area contributed by atoms with Gasteiger partial charge in [-0.25, -0.2) is 0 Å². The van der Waals surface area contributed by atoms with E-state index in [2.05, 4.69) is 22.8 Å². The third kappa shape index (κ3) is 4.20. The molecule has 2 rings (SSSR count). The van der Waals surface area contributed by atoms with E-state index in [0.717, 1.165) is 16.5 Å². The van der Waals surface area contributed by atoms with Crippen LogP contribution in [0, 0.1) is 5.92 Å². The van der Waals surface area contributed by atoms with Crippen molar-refractivity contribution in [3.8, 4) is 5.75 Å². The average molecular weight is 286 g/mol. The smallest absolute Gasteiger partial charge is 0.224 e. The average Bonchev–Trinajstić information content (AvgIpc) is 2.51. The van der Waals surface area contributed by atoms with Crippen molar-refractivity contribution in [1.82, 2.24) is 10.6 Å². The molecule has 4 nitrogen and oxygen atoms in total. The second-order valence-corrected chi connectivity index (χ2v) is 5.08. The van der Waals surface area contributed by atoms with Gasteiger partial charge >= 0.3 is 0 Å². The van der Waals surface area contributed by atoms with Crippen LogP contribution < -0.4 is 15.4 Å². The van der Waals surface area contributed by atoms with Gasteiger partial charge in [0.2, 0.25) is 5.91 Å². The Balaban J connectivity index is 1.84. The minimum Gasteiger partial charge on any atom is -0.491 e. The van der Waals surface area contributed by atoms with E-state index in [0.29, 0.717) is 19.7 Å². The molecule has 1 atom stereocenters. The van der Waals surface area contributed by atoms with Crippen molar-refractivity contribution >= 4 is 16.7 Å². The molecule has 21 heavy (non-hydrogen) atoms. The molecule has 1 amide bonds. The summed E-state index contributed by atoms with van der Waals surface area (Å²) < 4.78 is 5.78. The molecule has 4 heteroatoms. The van der Waals surface area contributed by atoms with Gasteiger partial charge < -0.3 is 15.4 Å². The summed E-state index contributed by atoms with van der Waals surface area (Å²) in [5.74, 6) is 0.865. The summed E-state index contributed by atoms with van der Waals surface area (Å²) >= 11 is 0. The summed E-state index contributed by atoms with van der Waals surface area (Å²) in [7, 11) is 1.84. The van der Waals surface area contributed by atoms with Gasteiger partial charge in [0, 0.05) is 17.8 Å². The van der Waals surface area contributed by atoms with Crippen LogP contribution in [-0.2, 0) is 4.79 Å². The lowest BCUT2D eigenvalue weighted by Gasteiger charge is -2.13. The first kappa shape index (κ1) is 15.3. The first-order valence-electron chi connectivity index (χ1n) is 7.25. The summed E-state index contributed by atoms with van der Waals surface area (Å²) in [5.41, 5.74) is 0. The standard InChI is InChI=1S/C17H22N2O2/c1-13(12-18-2)17(20)19-10-11-21-16-9-5-7-14-6-3-4-8-15(14)16/h3-9,13,18H,10-12H2,1-2H3,(H,19,20).